The topological polar surface area (TPSA) is 86.8 Å². The molecule has 0 fully saturated rings. The quantitative estimate of drug-likeness (QED) is 0.676. The van der Waals surface area contributed by atoms with Crippen LogP contribution >= 0.6 is 11.3 Å². The van der Waals surface area contributed by atoms with Gasteiger partial charge in [0.05, 0.1) is 27.0 Å². The lowest BCUT2D eigenvalue weighted by molar-refractivity contribution is -0.143. The molecule has 2 aromatic rings. The van der Waals surface area contributed by atoms with Crippen LogP contribution in [-0.4, -0.2) is 44.2 Å². The van der Waals surface area contributed by atoms with E-state index < -0.39 is 12.0 Å². The standard InChI is InChI=1S/C20H26N2O5S/c1-11(2)9-14(20(24)27-6)22-18(23)17-12(3)21-19(28-17)13-7-8-15(25-4)16(10-13)26-5/h7-8,10-11,14H,9H2,1-6H3,(H,22,23). The zero-order valence-corrected chi connectivity index (χ0v) is 17.8. The third kappa shape index (κ3) is 5.01. The van der Waals surface area contributed by atoms with Crippen LogP contribution in [0.25, 0.3) is 10.6 Å². The van der Waals surface area contributed by atoms with E-state index in [9.17, 15) is 9.59 Å². The summed E-state index contributed by atoms with van der Waals surface area (Å²) in [7, 11) is 4.45. The molecule has 1 N–H and O–H groups in total. The number of nitrogens with zero attached hydrogens (tertiary/aromatic N) is 1. The molecule has 0 saturated heterocycles. The lowest BCUT2D eigenvalue weighted by atomic mass is 10.0. The number of aryl methyl sites for hydroxylation is 1. The van der Waals surface area contributed by atoms with Gasteiger partial charge in [-0.3, -0.25) is 4.79 Å². The Hall–Kier alpha value is -2.61. The molecule has 1 heterocycles. The second-order valence-corrected chi connectivity index (χ2v) is 7.68. The van der Waals surface area contributed by atoms with Crippen LogP contribution in [0.2, 0.25) is 0 Å². The number of ether oxygens (including phenoxy) is 3. The lowest BCUT2D eigenvalue weighted by Crippen LogP contribution is -2.42. The highest BCUT2D eigenvalue weighted by Crippen LogP contribution is 2.35. The van der Waals surface area contributed by atoms with Crippen LogP contribution in [-0.2, 0) is 9.53 Å². The maximum absolute atomic E-state index is 12.8. The van der Waals surface area contributed by atoms with Gasteiger partial charge in [0.25, 0.3) is 5.91 Å². The average molecular weight is 407 g/mol. The molecule has 1 aromatic carbocycles. The van der Waals surface area contributed by atoms with Crippen LogP contribution < -0.4 is 14.8 Å². The summed E-state index contributed by atoms with van der Waals surface area (Å²) >= 11 is 1.26. The minimum Gasteiger partial charge on any atom is -0.493 e. The Balaban J connectivity index is 2.27. The molecule has 8 heteroatoms. The van der Waals surface area contributed by atoms with Crippen molar-refractivity contribution in [3.63, 3.8) is 0 Å². The molecule has 0 aliphatic rings. The average Bonchev–Trinajstić information content (AvgIpc) is 3.07. The number of aromatic nitrogens is 1. The van der Waals surface area contributed by atoms with E-state index in [0.29, 0.717) is 33.5 Å². The predicted molar refractivity (Wildman–Crippen MR) is 108 cm³/mol. The molecule has 1 atom stereocenters. The van der Waals surface area contributed by atoms with Crippen molar-refractivity contribution in [2.75, 3.05) is 21.3 Å². The van der Waals surface area contributed by atoms with Gasteiger partial charge in [-0.15, -0.1) is 11.3 Å². The second kappa shape index (κ2) is 9.54. The number of thiazole rings is 1. The monoisotopic (exact) mass is 406 g/mol. The van der Waals surface area contributed by atoms with E-state index in [4.69, 9.17) is 14.2 Å². The number of benzene rings is 1. The summed E-state index contributed by atoms with van der Waals surface area (Å²) in [6.07, 6.45) is 0.499. The summed E-state index contributed by atoms with van der Waals surface area (Å²) in [6, 6.07) is 4.77. The molecule has 28 heavy (non-hydrogen) atoms. The first-order chi connectivity index (χ1) is 13.3. The fraction of sp³-hybridized carbons (Fsp3) is 0.450. The molecule has 0 aliphatic carbocycles. The maximum atomic E-state index is 12.8. The molecule has 1 aromatic heterocycles. The van der Waals surface area contributed by atoms with Crippen LogP contribution in [0.1, 0.15) is 35.6 Å². The number of carbonyl (C=O) groups is 2. The third-order valence-corrected chi connectivity index (χ3v) is 5.34. The van der Waals surface area contributed by atoms with Gasteiger partial charge in [-0.1, -0.05) is 13.8 Å². The van der Waals surface area contributed by atoms with Gasteiger partial charge in [0.1, 0.15) is 15.9 Å². The Bertz CT molecular complexity index is 847. The van der Waals surface area contributed by atoms with Gasteiger partial charge in [-0.05, 0) is 37.5 Å². The number of amides is 1. The van der Waals surface area contributed by atoms with E-state index in [1.165, 1.54) is 18.4 Å². The summed E-state index contributed by atoms with van der Waals surface area (Å²) in [4.78, 5) is 29.7. The summed E-state index contributed by atoms with van der Waals surface area (Å²) in [6.45, 7) is 5.73. The number of hydrogen-bond donors (Lipinski definition) is 1. The molecule has 2 rings (SSSR count). The summed E-state index contributed by atoms with van der Waals surface area (Å²) in [5, 5.41) is 3.46. The van der Waals surface area contributed by atoms with Crippen molar-refractivity contribution < 1.29 is 23.8 Å². The van der Waals surface area contributed by atoms with E-state index >= 15 is 0 Å². The van der Waals surface area contributed by atoms with Crippen LogP contribution in [0.4, 0.5) is 0 Å². The first-order valence-electron chi connectivity index (χ1n) is 8.89. The molecule has 0 bridgehead atoms. The van der Waals surface area contributed by atoms with E-state index in [1.807, 2.05) is 26.0 Å². The van der Waals surface area contributed by atoms with Crippen molar-refractivity contribution >= 4 is 23.2 Å². The van der Waals surface area contributed by atoms with Gasteiger partial charge < -0.3 is 19.5 Å². The van der Waals surface area contributed by atoms with Crippen molar-refractivity contribution in [3.05, 3.63) is 28.8 Å². The fourth-order valence-electron chi connectivity index (χ4n) is 2.75. The van der Waals surface area contributed by atoms with E-state index in [2.05, 4.69) is 10.3 Å². The summed E-state index contributed by atoms with van der Waals surface area (Å²) in [5.41, 5.74) is 1.41. The SMILES string of the molecule is COC(=O)C(CC(C)C)NC(=O)c1sc(-c2ccc(OC)c(OC)c2)nc1C. The number of hydrogen-bond acceptors (Lipinski definition) is 7. The van der Waals surface area contributed by atoms with Gasteiger partial charge in [-0.2, -0.15) is 0 Å². The molecular formula is C20H26N2O5S. The Morgan fingerprint density at radius 2 is 1.82 bits per heavy atom. The van der Waals surface area contributed by atoms with Crippen LogP contribution in [0, 0.1) is 12.8 Å². The fourth-order valence-corrected chi connectivity index (χ4v) is 3.72. The molecule has 1 amide bonds. The van der Waals surface area contributed by atoms with E-state index in [-0.39, 0.29) is 11.8 Å². The van der Waals surface area contributed by atoms with Crippen molar-refractivity contribution in [1.29, 1.82) is 0 Å². The van der Waals surface area contributed by atoms with Gasteiger partial charge in [0, 0.05) is 5.56 Å². The first kappa shape index (κ1) is 21.7. The van der Waals surface area contributed by atoms with Crippen molar-refractivity contribution in [3.8, 4) is 22.1 Å². The summed E-state index contributed by atoms with van der Waals surface area (Å²) in [5.74, 6) is 0.644. The zero-order chi connectivity index (χ0) is 20.8. The highest BCUT2D eigenvalue weighted by molar-refractivity contribution is 7.17. The maximum Gasteiger partial charge on any atom is 0.328 e. The zero-order valence-electron chi connectivity index (χ0n) is 17.0. The Morgan fingerprint density at radius 3 is 2.39 bits per heavy atom. The van der Waals surface area contributed by atoms with Gasteiger partial charge in [0.2, 0.25) is 0 Å². The smallest absolute Gasteiger partial charge is 0.328 e. The van der Waals surface area contributed by atoms with Crippen LogP contribution in [0.15, 0.2) is 18.2 Å². The van der Waals surface area contributed by atoms with Crippen molar-refractivity contribution in [1.82, 2.24) is 10.3 Å². The van der Waals surface area contributed by atoms with Crippen LogP contribution in [0.5, 0.6) is 11.5 Å². The number of rotatable bonds is 8. The summed E-state index contributed by atoms with van der Waals surface area (Å²) < 4.78 is 15.4. The molecule has 152 valence electrons. The minimum atomic E-state index is -0.691. The predicted octanol–water partition coefficient (Wildman–Crippen LogP) is 3.45. The highest BCUT2D eigenvalue weighted by atomic mass is 32.1. The largest absolute Gasteiger partial charge is 0.493 e. The highest BCUT2D eigenvalue weighted by Gasteiger charge is 2.25. The minimum absolute atomic E-state index is 0.231. The van der Waals surface area contributed by atoms with E-state index in [1.54, 1.807) is 27.2 Å². The Labute approximate surface area is 169 Å². The van der Waals surface area contributed by atoms with Gasteiger partial charge >= 0.3 is 5.97 Å². The van der Waals surface area contributed by atoms with Gasteiger partial charge in [-0.25, -0.2) is 9.78 Å². The van der Waals surface area contributed by atoms with Crippen molar-refractivity contribution in [2.24, 2.45) is 5.92 Å². The Kier molecular flexibility index (Phi) is 7.39. The Morgan fingerprint density at radius 1 is 1.14 bits per heavy atom. The van der Waals surface area contributed by atoms with Gasteiger partial charge in [0.15, 0.2) is 11.5 Å². The van der Waals surface area contributed by atoms with E-state index in [0.717, 1.165) is 5.56 Å². The third-order valence-electron chi connectivity index (χ3n) is 4.13. The molecule has 7 nitrogen and oxygen atoms in total. The molecule has 1 unspecified atom stereocenters. The normalized spacial score (nSPS) is 11.8. The van der Waals surface area contributed by atoms with Crippen molar-refractivity contribution in [2.45, 2.75) is 33.2 Å². The number of esters is 1. The first-order valence-corrected chi connectivity index (χ1v) is 9.70. The molecule has 0 spiro atoms. The molecular weight excluding hydrogens is 380 g/mol. The number of carbonyl (C=O) groups excluding carboxylic acids is 2. The molecule has 0 radical (unpaired) electrons. The van der Waals surface area contributed by atoms with Crippen LogP contribution in [0.3, 0.4) is 0 Å². The lowest BCUT2D eigenvalue weighted by Gasteiger charge is -2.17. The number of nitrogens with one attached hydrogen (secondary N) is 1. The molecule has 0 aliphatic heterocycles. The second-order valence-electron chi connectivity index (χ2n) is 6.68. The number of methoxy groups -OCH3 is 3. The molecule has 0 saturated carbocycles.